The zero-order valence-corrected chi connectivity index (χ0v) is 17.1. The topological polar surface area (TPSA) is 86.7 Å². The van der Waals surface area contributed by atoms with Crippen LogP contribution in [0, 0.1) is 0 Å². The molecule has 6 nitrogen and oxygen atoms in total. The standard InChI is InChI=1S/C25H23N3O3/c1-31-16-15-26-24(29)18-11-13-19(14-12-18)27-23(17-7-3-2-4-8-17)22-20-9-5-6-10-21(20)28-25(22)30/h2-14,28,30H,15-16H2,1H3,(H,26,29). The highest BCUT2D eigenvalue weighted by Crippen LogP contribution is 2.31. The molecule has 3 aromatic carbocycles. The van der Waals surface area contributed by atoms with Crippen molar-refractivity contribution in [3.05, 3.63) is 95.6 Å². The molecule has 4 aromatic rings. The molecule has 0 radical (unpaired) electrons. The number of hydrogen-bond acceptors (Lipinski definition) is 4. The van der Waals surface area contributed by atoms with E-state index in [1.54, 1.807) is 31.4 Å². The zero-order chi connectivity index (χ0) is 21.6. The average Bonchev–Trinajstić information content (AvgIpc) is 3.14. The second kappa shape index (κ2) is 9.28. The Balaban J connectivity index is 1.73. The van der Waals surface area contributed by atoms with E-state index in [0.29, 0.717) is 35.7 Å². The van der Waals surface area contributed by atoms with Gasteiger partial charge in [0.15, 0.2) is 5.88 Å². The number of nitrogens with one attached hydrogen (secondary N) is 2. The Bertz CT molecular complexity index is 1210. The lowest BCUT2D eigenvalue weighted by Crippen LogP contribution is -2.26. The van der Waals surface area contributed by atoms with Crippen molar-refractivity contribution in [3.8, 4) is 5.88 Å². The molecule has 0 atom stereocenters. The van der Waals surface area contributed by atoms with Crippen LogP contribution < -0.4 is 5.32 Å². The third-order valence-corrected chi connectivity index (χ3v) is 4.93. The third kappa shape index (κ3) is 4.49. The van der Waals surface area contributed by atoms with E-state index in [1.807, 2.05) is 54.6 Å². The molecular weight excluding hydrogens is 390 g/mol. The first-order chi connectivity index (χ1) is 15.2. The number of ether oxygens (including phenoxy) is 1. The van der Waals surface area contributed by atoms with Gasteiger partial charge in [-0.1, -0.05) is 48.5 Å². The van der Waals surface area contributed by atoms with Crippen LogP contribution in [0.1, 0.15) is 21.5 Å². The molecule has 0 fully saturated rings. The van der Waals surface area contributed by atoms with Gasteiger partial charge in [-0.3, -0.25) is 4.79 Å². The number of hydrogen-bond donors (Lipinski definition) is 3. The van der Waals surface area contributed by atoms with Gasteiger partial charge in [-0.25, -0.2) is 4.99 Å². The first-order valence-electron chi connectivity index (χ1n) is 9.98. The number of aromatic nitrogens is 1. The maximum atomic E-state index is 12.2. The first-order valence-corrected chi connectivity index (χ1v) is 9.98. The lowest BCUT2D eigenvalue weighted by Gasteiger charge is -2.08. The van der Waals surface area contributed by atoms with Crippen molar-refractivity contribution >= 4 is 28.2 Å². The number of aromatic amines is 1. The maximum Gasteiger partial charge on any atom is 0.251 e. The summed E-state index contributed by atoms with van der Waals surface area (Å²) in [6.07, 6.45) is 0. The smallest absolute Gasteiger partial charge is 0.251 e. The molecule has 4 rings (SSSR count). The van der Waals surface area contributed by atoms with Gasteiger partial charge in [0.2, 0.25) is 0 Å². The van der Waals surface area contributed by atoms with Crippen LogP contribution in [0.25, 0.3) is 10.9 Å². The fourth-order valence-corrected chi connectivity index (χ4v) is 3.41. The highest BCUT2D eigenvalue weighted by atomic mass is 16.5. The average molecular weight is 413 g/mol. The van der Waals surface area contributed by atoms with Gasteiger partial charge in [-0.15, -0.1) is 0 Å². The summed E-state index contributed by atoms with van der Waals surface area (Å²) in [6.45, 7) is 0.913. The van der Waals surface area contributed by atoms with Crippen LogP contribution in [-0.4, -0.2) is 42.0 Å². The number of aliphatic imine (C=N–C) groups is 1. The van der Waals surface area contributed by atoms with Gasteiger partial charge in [0.25, 0.3) is 5.91 Å². The summed E-state index contributed by atoms with van der Waals surface area (Å²) < 4.78 is 4.95. The van der Waals surface area contributed by atoms with Crippen molar-refractivity contribution in [2.45, 2.75) is 0 Å². The van der Waals surface area contributed by atoms with Crippen molar-refractivity contribution in [2.24, 2.45) is 4.99 Å². The number of rotatable bonds is 7. The molecule has 0 aliphatic heterocycles. The Kier molecular flexibility index (Phi) is 6.10. The molecule has 0 aliphatic rings. The minimum atomic E-state index is -0.162. The van der Waals surface area contributed by atoms with E-state index in [0.717, 1.165) is 16.5 Å². The number of fused-ring (bicyclic) bond motifs is 1. The van der Waals surface area contributed by atoms with Gasteiger partial charge in [0.1, 0.15) is 0 Å². The number of aromatic hydroxyl groups is 1. The van der Waals surface area contributed by atoms with Crippen LogP contribution in [0.3, 0.4) is 0 Å². The predicted molar refractivity (Wildman–Crippen MR) is 122 cm³/mol. The third-order valence-electron chi connectivity index (χ3n) is 4.93. The molecule has 0 bridgehead atoms. The summed E-state index contributed by atoms with van der Waals surface area (Å²) in [5.74, 6) is -0.0944. The molecule has 31 heavy (non-hydrogen) atoms. The summed E-state index contributed by atoms with van der Waals surface area (Å²) in [5.41, 5.74) is 4.23. The molecule has 3 N–H and O–H groups in total. The van der Waals surface area contributed by atoms with E-state index in [9.17, 15) is 9.90 Å². The van der Waals surface area contributed by atoms with Crippen molar-refractivity contribution in [1.29, 1.82) is 0 Å². The molecule has 0 spiro atoms. The van der Waals surface area contributed by atoms with Crippen LogP contribution >= 0.6 is 0 Å². The Morgan fingerprint density at radius 3 is 2.42 bits per heavy atom. The zero-order valence-electron chi connectivity index (χ0n) is 17.1. The number of H-pyrrole nitrogens is 1. The summed E-state index contributed by atoms with van der Waals surface area (Å²) >= 11 is 0. The molecule has 156 valence electrons. The number of nitrogens with zero attached hydrogens (tertiary/aromatic N) is 1. The van der Waals surface area contributed by atoms with Crippen LogP contribution in [0.5, 0.6) is 5.88 Å². The van der Waals surface area contributed by atoms with Gasteiger partial charge in [-0.2, -0.15) is 0 Å². The molecule has 0 unspecified atom stereocenters. The molecule has 6 heteroatoms. The quantitative estimate of drug-likeness (QED) is 0.310. The normalized spacial score (nSPS) is 11.6. The minimum absolute atomic E-state index is 0.0675. The summed E-state index contributed by atoms with van der Waals surface area (Å²) in [6, 6.07) is 24.5. The number of methoxy groups -OCH3 is 1. The largest absolute Gasteiger partial charge is 0.494 e. The monoisotopic (exact) mass is 413 g/mol. The molecule has 0 saturated heterocycles. The summed E-state index contributed by atoms with van der Waals surface area (Å²) in [5, 5.41) is 14.3. The highest BCUT2D eigenvalue weighted by Gasteiger charge is 2.18. The van der Waals surface area contributed by atoms with E-state index in [1.165, 1.54) is 0 Å². The van der Waals surface area contributed by atoms with Crippen molar-refractivity contribution in [1.82, 2.24) is 10.3 Å². The van der Waals surface area contributed by atoms with Crippen LogP contribution in [0.2, 0.25) is 0 Å². The first kappa shape index (κ1) is 20.4. The minimum Gasteiger partial charge on any atom is -0.494 e. The van der Waals surface area contributed by atoms with Crippen LogP contribution in [0.15, 0.2) is 83.9 Å². The number of carbonyl (C=O) groups is 1. The van der Waals surface area contributed by atoms with E-state index in [2.05, 4.69) is 10.3 Å². The predicted octanol–water partition coefficient (Wildman–Crippen LogP) is 4.42. The van der Waals surface area contributed by atoms with Crippen LogP contribution in [-0.2, 0) is 4.74 Å². The van der Waals surface area contributed by atoms with E-state index in [-0.39, 0.29) is 11.8 Å². The number of carbonyl (C=O) groups excluding carboxylic acids is 1. The fourth-order valence-electron chi connectivity index (χ4n) is 3.41. The lowest BCUT2D eigenvalue weighted by atomic mass is 10.0. The van der Waals surface area contributed by atoms with Gasteiger partial charge in [0.05, 0.1) is 23.6 Å². The van der Waals surface area contributed by atoms with Crippen molar-refractivity contribution in [2.75, 3.05) is 20.3 Å². The van der Waals surface area contributed by atoms with Gasteiger partial charge < -0.3 is 20.1 Å². The number of para-hydroxylation sites is 1. The lowest BCUT2D eigenvalue weighted by molar-refractivity contribution is 0.0937. The summed E-state index contributed by atoms with van der Waals surface area (Å²) in [7, 11) is 1.59. The Morgan fingerprint density at radius 1 is 0.968 bits per heavy atom. The van der Waals surface area contributed by atoms with Gasteiger partial charge in [0, 0.05) is 35.7 Å². The molecule has 1 heterocycles. The SMILES string of the molecule is COCCNC(=O)c1ccc(N=C(c2ccccc2)c2c(O)[nH]c3ccccc23)cc1. The number of benzene rings is 3. The molecule has 1 amide bonds. The second-order valence-electron chi connectivity index (χ2n) is 7.02. The van der Waals surface area contributed by atoms with E-state index >= 15 is 0 Å². The van der Waals surface area contributed by atoms with Crippen LogP contribution in [0.4, 0.5) is 5.69 Å². The molecule has 1 aromatic heterocycles. The number of amides is 1. The van der Waals surface area contributed by atoms with Gasteiger partial charge >= 0.3 is 0 Å². The second-order valence-corrected chi connectivity index (χ2v) is 7.02. The van der Waals surface area contributed by atoms with Crippen molar-refractivity contribution in [3.63, 3.8) is 0 Å². The fraction of sp³-hybridized carbons (Fsp3) is 0.120. The highest BCUT2D eigenvalue weighted by molar-refractivity contribution is 6.21. The Labute approximate surface area is 180 Å². The summed E-state index contributed by atoms with van der Waals surface area (Å²) in [4.78, 5) is 20.1. The maximum absolute atomic E-state index is 12.2. The Morgan fingerprint density at radius 2 is 1.68 bits per heavy atom. The molecular formula is C25H23N3O3. The van der Waals surface area contributed by atoms with E-state index < -0.39 is 0 Å². The Hall–Kier alpha value is -3.90. The molecule has 0 aliphatic carbocycles. The van der Waals surface area contributed by atoms with Gasteiger partial charge in [-0.05, 0) is 30.3 Å². The van der Waals surface area contributed by atoms with Crippen molar-refractivity contribution < 1.29 is 14.6 Å². The molecule has 0 saturated carbocycles. The van der Waals surface area contributed by atoms with E-state index in [4.69, 9.17) is 9.73 Å².